The first-order chi connectivity index (χ1) is 16.7. The zero-order chi connectivity index (χ0) is 25.1. The average molecular weight is 469 g/mol. The van der Waals surface area contributed by atoms with Gasteiger partial charge in [0, 0.05) is 35.5 Å². The predicted molar refractivity (Wildman–Crippen MR) is 132 cm³/mol. The molecule has 1 fully saturated rings. The minimum Gasteiger partial charge on any atom is -0.325 e. The van der Waals surface area contributed by atoms with Crippen LogP contribution < -0.4 is 5.32 Å². The Morgan fingerprint density at radius 2 is 1.77 bits per heavy atom. The number of carbonyl (C=O) groups is 3. The zero-order valence-electron chi connectivity index (χ0n) is 20.1. The predicted octanol–water partition coefficient (Wildman–Crippen LogP) is 3.79. The van der Waals surface area contributed by atoms with Crippen LogP contribution in [0.25, 0.3) is 5.70 Å². The van der Waals surface area contributed by atoms with E-state index in [1.807, 2.05) is 57.2 Å². The van der Waals surface area contributed by atoms with Crippen LogP contribution in [0, 0.1) is 23.2 Å². The van der Waals surface area contributed by atoms with Gasteiger partial charge in [-0.1, -0.05) is 63.7 Å². The number of nitrogens with one attached hydrogen (secondary N) is 1. The number of rotatable bonds is 4. The molecule has 7 nitrogen and oxygen atoms in total. The van der Waals surface area contributed by atoms with Crippen LogP contribution in [-0.2, 0) is 15.0 Å². The normalized spacial score (nSPS) is 24.4. The summed E-state index contributed by atoms with van der Waals surface area (Å²) >= 11 is 0. The van der Waals surface area contributed by atoms with Crippen LogP contribution in [0.4, 0.5) is 5.69 Å². The Hall–Kier alpha value is -3.92. The molecule has 3 aliphatic heterocycles. The summed E-state index contributed by atoms with van der Waals surface area (Å²) in [7, 11) is 0. The number of hydrogen-bond acceptors (Lipinski definition) is 4. The zero-order valence-corrected chi connectivity index (χ0v) is 20.1. The summed E-state index contributed by atoms with van der Waals surface area (Å²) < 4.78 is 0. The van der Waals surface area contributed by atoms with E-state index in [4.69, 9.17) is 0 Å². The number of anilines is 1. The molecule has 0 saturated carbocycles. The number of amides is 3. The van der Waals surface area contributed by atoms with Gasteiger partial charge in [-0.2, -0.15) is 5.26 Å². The Labute approximate surface area is 205 Å². The van der Waals surface area contributed by atoms with E-state index < -0.39 is 17.5 Å². The molecule has 1 saturated heterocycles. The number of nitriles is 1. The SMILES string of the molecule is C=C1c2ccccc2C(=O)N1[C@H](C(=O)N1C[C@]2(C[C@H]1C#N)C(=O)Nc1ccccc12)[C@H](C)C(C)C. The molecule has 178 valence electrons. The summed E-state index contributed by atoms with van der Waals surface area (Å²) in [5.41, 5.74) is 2.27. The maximum Gasteiger partial charge on any atom is 0.259 e. The van der Waals surface area contributed by atoms with E-state index in [0.29, 0.717) is 22.5 Å². The smallest absolute Gasteiger partial charge is 0.259 e. The van der Waals surface area contributed by atoms with E-state index in [0.717, 1.165) is 5.56 Å². The molecule has 3 aliphatic rings. The lowest BCUT2D eigenvalue weighted by Gasteiger charge is -2.37. The van der Waals surface area contributed by atoms with Crippen LogP contribution in [0.3, 0.4) is 0 Å². The number of likely N-dealkylation sites (tertiary alicyclic amines) is 1. The van der Waals surface area contributed by atoms with E-state index in [2.05, 4.69) is 18.0 Å². The van der Waals surface area contributed by atoms with Crippen molar-refractivity contribution in [1.29, 1.82) is 5.26 Å². The summed E-state index contributed by atoms with van der Waals surface area (Å²) in [4.78, 5) is 43.9. The molecule has 3 heterocycles. The minimum absolute atomic E-state index is 0.0841. The Bertz CT molecular complexity index is 1270. The lowest BCUT2D eigenvalue weighted by atomic mass is 9.80. The highest BCUT2D eigenvalue weighted by Gasteiger charge is 2.57. The summed E-state index contributed by atoms with van der Waals surface area (Å²) in [5, 5.41) is 13.0. The molecule has 0 aromatic heterocycles. The number of carbonyl (C=O) groups excluding carboxylic acids is 3. The number of nitrogens with zero attached hydrogens (tertiary/aromatic N) is 3. The maximum absolute atomic E-state index is 14.3. The van der Waals surface area contributed by atoms with Crippen molar-refractivity contribution in [2.24, 2.45) is 11.8 Å². The van der Waals surface area contributed by atoms with Crippen LogP contribution in [0.2, 0.25) is 0 Å². The second kappa shape index (κ2) is 8.09. The van der Waals surface area contributed by atoms with Gasteiger partial charge < -0.3 is 10.2 Å². The van der Waals surface area contributed by atoms with Crippen LogP contribution in [0.1, 0.15) is 48.7 Å². The molecule has 0 bridgehead atoms. The van der Waals surface area contributed by atoms with Crippen molar-refractivity contribution < 1.29 is 14.4 Å². The second-order valence-corrected chi connectivity index (χ2v) is 10.1. The van der Waals surface area contributed by atoms with Gasteiger partial charge in [0.05, 0.1) is 11.5 Å². The third kappa shape index (κ3) is 3.20. The van der Waals surface area contributed by atoms with Crippen LogP contribution >= 0.6 is 0 Å². The molecule has 1 N–H and O–H groups in total. The first-order valence-electron chi connectivity index (χ1n) is 11.9. The molecule has 2 aromatic carbocycles. The number of para-hydroxylation sites is 1. The van der Waals surface area contributed by atoms with Crippen LogP contribution in [0.15, 0.2) is 55.1 Å². The van der Waals surface area contributed by atoms with Gasteiger partial charge in [0.1, 0.15) is 12.1 Å². The van der Waals surface area contributed by atoms with Gasteiger partial charge >= 0.3 is 0 Å². The van der Waals surface area contributed by atoms with Crippen LogP contribution in [-0.4, -0.2) is 46.1 Å². The first-order valence-corrected chi connectivity index (χ1v) is 11.9. The largest absolute Gasteiger partial charge is 0.325 e. The summed E-state index contributed by atoms with van der Waals surface area (Å²) in [6.07, 6.45) is 0.218. The molecule has 7 heteroatoms. The van der Waals surface area contributed by atoms with Gasteiger partial charge in [-0.25, -0.2) is 0 Å². The highest BCUT2D eigenvalue weighted by atomic mass is 16.2. The highest BCUT2D eigenvalue weighted by Crippen LogP contribution is 2.47. The molecule has 5 rings (SSSR count). The average Bonchev–Trinajstić information content (AvgIpc) is 3.46. The molecule has 0 radical (unpaired) electrons. The van der Waals surface area contributed by atoms with Crippen molar-refractivity contribution >= 4 is 29.1 Å². The minimum atomic E-state index is -0.979. The third-order valence-electron chi connectivity index (χ3n) is 7.97. The van der Waals surface area contributed by atoms with Gasteiger partial charge in [0.2, 0.25) is 11.8 Å². The first kappa shape index (κ1) is 22.9. The lowest BCUT2D eigenvalue weighted by Crippen LogP contribution is -2.54. The van der Waals surface area contributed by atoms with E-state index in [1.54, 1.807) is 12.1 Å². The van der Waals surface area contributed by atoms with Crippen molar-refractivity contribution in [1.82, 2.24) is 9.80 Å². The molecular formula is C28H28N4O3. The molecule has 2 aromatic rings. The Morgan fingerprint density at radius 3 is 2.43 bits per heavy atom. The van der Waals surface area contributed by atoms with E-state index in [9.17, 15) is 19.6 Å². The Kier molecular flexibility index (Phi) is 5.28. The van der Waals surface area contributed by atoms with Gasteiger partial charge in [0.25, 0.3) is 5.91 Å². The Balaban J connectivity index is 1.55. The summed E-state index contributed by atoms with van der Waals surface area (Å²) in [6.45, 7) is 10.2. The molecule has 3 amide bonds. The molecule has 0 unspecified atom stereocenters. The van der Waals surface area contributed by atoms with Gasteiger partial charge in [0.15, 0.2) is 0 Å². The lowest BCUT2D eigenvalue weighted by molar-refractivity contribution is -0.137. The van der Waals surface area contributed by atoms with E-state index in [1.165, 1.54) is 9.80 Å². The monoisotopic (exact) mass is 468 g/mol. The third-order valence-corrected chi connectivity index (χ3v) is 7.97. The second-order valence-electron chi connectivity index (χ2n) is 10.1. The molecule has 35 heavy (non-hydrogen) atoms. The van der Waals surface area contributed by atoms with E-state index >= 15 is 0 Å². The van der Waals surface area contributed by atoms with Crippen molar-refractivity contribution in [3.8, 4) is 6.07 Å². The molecular weight excluding hydrogens is 440 g/mol. The number of hydrogen-bond donors (Lipinski definition) is 1. The fourth-order valence-corrected chi connectivity index (χ4v) is 5.69. The fraction of sp³-hybridized carbons (Fsp3) is 0.357. The maximum atomic E-state index is 14.3. The summed E-state index contributed by atoms with van der Waals surface area (Å²) in [5.74, 6) is -0.910. The Morgan fingerprint density at radius 1 is 1.11 bits per heavy atom. The van der Waals surface area contributed by atoms with Crippen molar-refractivity contribution in [3.05, 3.63) is 71.8 Å². The topological polar surface area (TPSA) is 93.5 Å². The summed E-state index contributed by atoms with van der Waals surface area (Å²) in [6, 6.07) is 15.3. The highest BCUT2D eigenvalue weighted by molar-refractivity contribution is 6.11. The van der Waals surface area contributed by atoms with Gasteiger partial charge in [-0.3, -0.25) is 19.3 Å². The van der Waals surface area contributed by atoms with E-state index in [-0.39, 0.29) is 42.5 Å². The molecule has 1 spiro atoms. The van der Waals surface area contributed by atoms with Gasteiger partial charge in [-0.05, 0) is 29.5 Å². The molecule has 4 atom stereocenters. The van der Waals surface area contributed by atoms with Crippen molar-refractivity contribution in [2.75, 3.05) is 11.9 Å². The molecule has 0 aliphatic carbocycles. The fourth-order valence-electron chi connectivity index (χ4n) is 5.69. The quantitative estimate of drug-likeness (QED) is 0.739. The van der Waals surface area contributed by atoms with Gasteiger partial charge in [-0.15, -0.1) is 0 Å². The van der Waals surface area contributed by atoms with Crippen molar-refractivity contribution in [3.63, 3.8) is 0 Å². The standard InChI is InChI=1S/C28H28N4O3/c1-16(2)17(3)24(32-18(4)20-9-5-6-10-21(20)25(32)33)26(34)31-15-28(13-19(31)14-29)22-11-7-8-12-23(22)30-27(28)35/h5-12,16-17,19,24H,4,13,15H2,1-3H3,(H,30,35)/t17-,19+,24+,28+/m1/s1. The van der Waals surface area contributed by atoms with Crippen LogP contribution in [0.5, 0.6) is 0 Å². The van der Waals surface area contributed by atoms with Crippen molar-refractivity contribution in [2.45, 2.75) is 44.7 Å². The number of benzene rings is 2. The number of fused-ring (bicyclic) bond motifs is 3.